The van der Waals surface area contributed by atoms with Gasteiger partial charge in [0, 0.05) is 12.8 Å². The van der Waals surface area contributed by atoms with E-state index in [1.54, 1.807) is 0 Å². The lowest BCUT2D eigenvalue weighted by atomic mass is 10.4. The molecule has 2 rings (SSSR count). The van der Waals surface area contributed by atoms with E-state index in [4.69, 9.17) is 11.6 Å². The number of aromatic nitrogens is 2. The van der Waals surface area contributed by atoms with Gasteiger partial charge in [-0.05, 0) is 11.6 Å². The SMILES string of the molecule is C[N+]1(c2cnc(Cl)[nH]2)CCCC1.[Cl-]. The lowest BCUT2D eigenvalue weighted by Gasteiger charge is -2.25. The van der Waals surface area contributed by atoms with Gasteiger partial charge in [0.15, 0.2) is 0 Å². The quantitative estimate of drug-likeness (QED) is 0.594. The highest BCUT2D eigenvalue weighted by molar-refractivity contribution is 6.28. The van der Waals surface area contributed by atoms with Crippen molar-refractivity contribution in [3.63, 3.8) is 0 Å². The van der Waals surface area contributed by atoms with E-state index < -0.39 is 0 Å². The number of hydrogen-bond donors (Lipinski definition) is 1. The van der Waals surface area contributed by atoms with Gasteiger partial charge in [-0.3, -0.25) is 9.47 Å². The second kappa shape index (κ2) is 3.86. The Bertz CT molecular complexity index is 279. The van der Waals surface area contributed by atoms with E-state index in [0.29, 0.717) is 5.28 Å². The highest BCUT2D eigenvalue weighted by atomic mass is 35.5. The zero-order valence-corrected chi connectivity index (χ0v) is 9.07. The predicted octanol–water partition coefficient (Wildman–Crippen LogP) is -1.20. The molecule has 1 saturated heterocycles. The van der Waals surface area contributed by atoms with Gasteiger partial charge in [-0.25, -0.2) is 4.98 Å². The summed E-state index contributed by atoms with van der Waals surface area (Å²) >= 11 is 5.72. The van der Waals surface area contributed by atoms with Crippen molar-refractivity contribution >= 4 is 17.4 Å². The van der Waals surface area contributed by atoms with Gasteiger partial charge >= 0.3 is 0 Å². The molecule has 1 aliphatic heterocycles. The van der Waals surface area contributed by atoms with Crippen LogP contribution in [-0.4, -0.2) is 30.1 Å². The number of hydrogen-bond acceptors (Lipinski definition) is 1. The molecule has 3 nitrogen and oxygen atoms in total. The molecule has 0 spiro atoms. The lowest BCUT2D eigenvalue weighted by Crippen LogP contribution is -3.00. The molecule has 1 aromatic rings. The van der Waals surface area contributed by atoms with E-state index in [0.717, 1.165) is 10.3 Å². The second-order valence-corrected chi connectivity index (χ2v) is 3.97. The second-order valence-electron chi connectivity index (χ2n) is 3.61. The smallest absolute Gasteiger partial charge is 0.226 e. The summed E-state index contributed by atoms with van der Waals surface area (Å²) in [6, 6.07) is 0. The summed E-state index contributed by atoms with van der Waals surface area (Å²) in [5, 5.41) is 0.497. The van der Waals surface area contributed by atoms with E-state index in [9.17, 15) is 0 Å². The molecule has 0 bridgehead atoms. The van der Waals surface area contributed by atoms with Gasteiger partial charge in [0.2, 0.25) is 11.1 Å². The Kier molecular flexibility index (Phi) is 3.22. The third-order valence-electron chi connectivity index (χ3n) is 2.67. The Balaban J connectivity index is 0.000000845. The van der Waals surface area contributed by atoms with Crippen LogP contribution < -0.4 is 16.9 Å². The summed E-state index contributed by atoms with van der Waals surface area (Å²) in [6.07, 6.45) is 4.44. The van der Waals surface area contributed by atoms with Crippen LogP contribution in [0.25, 0.3) is 0 Å². The van der Waals surface area contributed by atoms with Crippen molar-refractivity contribution in [2.45, 2.75) is 12.8 Å². The first-order chi connectivity index (χ1) is 5.71. The average molecular weight is 222 g/mol. The molecule has 74 valence electrons. The van der Waals surface area contributed by atoms with Crippen molar-refractivity contribution in [2.75, 3.05) is 20.1 Å². The number of likely N-dealkylation sites (tertiary alicyclic amines) is 1. The van der Waals surface area contributed by atoms with Gasteiger partial charge in [0.1, 0.15) is 6.20 Å². The molecule has 1 N–H and O–H groups in total. The molecule has 0 saturated carbocycles. The molecule has 0 unspecified atom stereocenters. The molecule has 1 fully saturated rings. The normalized spacial score (nSPS) is 19.8. The fraction of sp³-hybridized carbons (Fsp3) is 0.625. The van der Waals surface area contributed by atoms with Crippen molar-refractivity contribution < 1.29 is 12.4 Å². The molecule has 1 aliphatic rings. The van der Waals surface area contributed by atoms with Crippen LogP contribution in [0.3, 0.4) is 0 Å². The molecule has 0 aliphatic carbocycles. The molecule has 0 amide bonds. The van der Waals surface area contributed by atoms with Crippen LogP contribution in [0.15, 0.2) is 6.20 Å². The number of halogens is 2. The molecule has 0 aromatic carbocycles. The van der Waals surface area contributed by atoms with Crippen molar-refractivity contribution in [2.24, 2.45) is 0 Å². The van der Waals surface area contributed by atoms with Gasteiger partial charge in [-0.2, -0.15) is 0 Å². The Morgan fingerprint density at radius 3 is 2.54 bits per heavy atom. The molecule has 13 heavy (non-hydrogen) atoms. The fourth-order valence-corrected chi connectivity index (χ4v) is 1.98. The molecule has 1 aromatic heterocycles. The van der Waals surface area contributed by atoms with Gasteiger partial charge in [-0.15, -0.1) is 0 Å². The number of imidazole rings is 1. The van der Waals surface area contributed by atoms with E-state index in [-0.39, 0.29) is 12.4 Å². The van der Waals surface area contributed by atoms with Crippen LogP contribution in [0.5, 0.6) is 0 Å². The van der Waals surface area contributed by atoms with E-state index in [2.05, 4.69) is 17.0 Å². The monoisotopic (exact) mass is 221 g/mol. The van der Waals surface area contributed by atoms with Crippen LogP contribution in [-0.2, 0) is 0 Å². The molecule has 0 radical (unpaired) electrons. The highest BCUT2D eigenvalue weighted by Crippen LogP contribution is 2.25. The molecule has 2 heterocycles. The minimum Gasteiger partial charge on any atom is -1.00 e. The minimum atomic E-state index is 0. The number of H-pyrrole nitrogens is 1. The number of nitrogens with zero attached hydrogens (tertiary/aromatic N) is 2. The fourth-order valence-electron chi connectivity index (χ4n) is 1.84. The maximum atomic E-state index is 5.72. The Morgan fingerprint density at radius 2 is 2.08 bits per heavy atom. The van der Waals surface area contributed by atoms with Crippen LogP contribution in [0.2, 0.25) is 5.28 Å². The minimum absolute atomic E-state index is 0. The molecule has 5 heteroatoms. The highest BCUT2D eigenvalue weighted by Gasteiger charge is 2.31. The molecular formula is C8H13Cl2N3. The third-order valence-corrected chi connectivity index (χ3v) is 2.86. The van der Waals surface area contributed by atoms with Gasteiger partial charge in [0.25, 0.3) is 0 Å². The van der Waals surface area contributed by atoms with Crippen LogP contribution in [0, 0.1) is 0 Å². The first kappa shape index (κ1) is 10.8. The number of quaternary nitrogens is 1. The summed E-state index contributed by atoms with van der Waals surface area (Å²) in [6.45, 7) is 2.39. The van der Waals surface area contributed by atoms with E-state index in [1.165, 1.54) is 25.9 Å². The zero-order chi connectivity index (χ0) is 8.60. The van der Waals surface area contributed by atoms with Crippen LogP contribution in [0.4, 0.5) is 5.82 Å². The van der Waals surface area contributed by atoms with Crippen molar-refractivity contribution in [3.05, 3.63) is 11.5 Å². The molecule has 0 atom stereocenters. The first-order valence-electron chi connectivity index (χ1n) is 4.26. The molecular weight excluding hydrogens is 209 g/mol. The third kappa shape index (κ3) is 1.98. The topological polar surface area (TPSA) is 28.7 Å². The summed E-state index contributed by atoms with van der Waals surface area (Å²) in [7, 11) is 2.22. The number of rotatable bonds is 1. The number of aromatic amines is 1. The summed E-state index contributed by atoms with van der Waals surface area (Å²) in [5.41, 5.74) is 0. The Hall–Kier alpha value is -0.250. The predicted molar refractivity (Wildman–Crippen MR) is 50.3 cm³/mol. The Morgan fingerprint density at radius 1 is 1.46 bits per heavy atom. The zero-order valence-electron chi connectivity index (χ0n) is 7.56. The summed E-state index contributed by atoms with van der Waals surface area (Å²) in [4.78, 5) is 7.09. The van der Waals surface area contributed by atoms with Crippen LogP contribution in [0.1, 0.15) is 12.8 Å². The maximum absolute atomic E-state index is 5.72. The lowest BCUT2D eigenvalue weighted by molar-refractivity contribution is -0.00000263. The summed E-state index contributed by atoms with van der Waals surface area (Å²) in [5.74, 6) is 1.14. The van der Waals surface area contributed by atoms with E-state index in [1.807, 2.05) is 6.20 Å². The van der Waals surface area contributed by atoms with Crippen molar-refractivity contribution in [1.29, 1.82) is 0 Å². The van der Waals surface area contributed by atoms with Gasteiger partial charge in [0.05, 0.1) is 20.1 Å². The van der Waals surface area contributed by atoms with E-state index >= 15 is 0 Å². The van der Waals surface area contributed by atoms with Crippen LogP contribution >= 0.6 is 11.6 Å². The summed E-state index contributed by atoms with van der Waals surface area (Å²) < 4.78 is 0.958. The first-order valence-corrected chi connectivity index (χ1v) is 4.64. The van der Waals surface area contributed by atoms with Gasteiger partial charge in [-0.1, -0.05) is 0 Å². The van der Waals surface area contributed by atoms with Gasteiger partial charge < -0.3 is 12.4 Å². The standard InChI is InChI=1S/C8H13ClN3.ClH/c1-12(4-2-3-5-12)7-6-10-8(9)11-7;/h6H,2-5H2,1H3,(H,10,11);1H/q+1;/p-1. The van der Waals surface area contributed by atoms with Crippen molar-refractivity contribution in [3.8, 4) is 0 Å². The Labute approximate surface area is 89.1 Å². The van der Waals surface area contributed by atoms with Crippen molar-refractivity contribution in [1.82, 2.24) is 14.5 Å². The number of nitrogens with one attached hydrogen (secondary N) is 1. The maximum Gasteiger partial charge on any atom is 0.226 e. The largest absolute Gasteiger partial charge is 1.00 e. The average Bonchev–Trinajstić information content (AvgIpc) is 2.59.